The molecular weight excluding hydrogens is 475 g/mol. The molecule has 4 rings (SSSR count). The van der Waals surface area contributed by atoms with E-state index in [1.165, 1.54) is 27.1 Å². The van der Waals surface area contributed by atoms with Crippen molar-refractivity contribution < 1.29 is 14.3 Å². The third-order valence-corrected chi connectivity index (χ3v) is 8.70. The number of carbonyl (C=O) groups excluding carboxylic acids is 1. The van der Waals surface area contributed by atoms with E-state index in [1.54, 1.807) is 0 Å². The molecule has 2 aromatic carbocycles. The Balaban J connectivity index is 1.34. The minimum absolute atomic E-state index is 0.0717. The van der Waals surface area contributed by atoms with Gasteiger partial charge in [-0.3, -0.25) is 0 Å². The molecule has 1 fully saturated rings. The number of ether oxygens (including phenoxy) is 2. The molecule has 1 aliphatic rings. The van der Waals surface area contributed by atoms with Crippen LogP contribution in [0.3, 0.4) is 0 Å². The van der Waals surface area contributed by atoms with Crippen molar-refractivity contribution in [3.8, 4) is 5.75 Å². The summed E-state index contributed by atoms with van der Waals surface area (Å²) in [6, 6.07) is 15.0. The smallest absolute Gasteiger partial charge is 0.0253 e. The summed E-state index contributed by atoms with van der Waals surface area (Å²) < 4.78 is 13.4. The van der Waals surface area contributed by atoms with Crippen LogP contribution in [-0.2, 0) is 16.1 Å². The van der Waals surface area contributed by atoms with E-state index in [-0.39, 0.29) is 28.3 Å². The van der Waals surface area contributed by atoms with E-state index >= 15 is 0 Å². The van der Waals surface area contributed by atoms with Gasteiger partial charge < -0.3 is 0 Å². The first-order valence-corrected chi connectivity index (χ1v) is 13.5. The van der Waals surface area contributed by atoms with Crippen molar-refractivity contribution in [2.75, 3.05) is 19.7 Å². The van der Waals surface area contributed by atoms with Gasteiger partial charge in [-0.2, -0.15) is 0 Å². The maximum atomic E-state index is 12.0. The number of pyridine rings is 1. The standard InChI is InChI=1S/C27H32AsN2O3/c1-19-8-9-20(14-25(19)32-18-26(31)33-27(2,3)4)16-30-13-11-22(17-30)28-24-7-5-6-21-15-29-12-10-23(21)24/h5-10,12,14-15,22H,11,13,16-18H2,1-4H3/t22-/m1/s1. The zero-order valence-corrected chi connectivity index (χ0v) is 21.8. The van der Waals surface area contributed by atoms with E-state index in [2.05, 4.69) is 52.3 Å². The Morgan fingerprint density at radius 1 is 1.21 bits per heavy atom. The Morgan fingerprint density at radius 3 is 2.88 bits per heavy atom. The second-order valence-corrected chi connectivity index (χ2v) is 12.7. The fourth-order valence-electron chi connectivity index (χ4n) is 4.14. The number of fused-ring (bicyclic) bond motifs is 1. The topological polar surface area (TPSA) is 51.7 Å². The average molecular weight is 507 g/mol. The Labute approximate surface area is 203 Å². The van der Waals surface area contributed by atoms with Gasteiger partial charge in [0.1, 0.15) is 0 Å². The van der Waals surface area contributed by atoms with Gasteiger partial charge in [0.15, 0.2) is 0 Å². The van der Waals surface area contributed by atoms with Crippen molar-refractivity contribution in [3.05, 3.63) is 66.0 Å². The van der Waals surface area contributed by atoms with Gasteiger partial charge in [0, 0.05) is 0 Å². The van der Waals surface area contributed by atoms with Crippen molar-refractivity contribution in [2.45, 2.75) is 51.0 Å². The summed E-state index contributed by atoms with van der Waals surface area (Å²) in [6.45, 7) is 10.7. The Hall–Kier alpha value is -2.36. The Kier molecular flexibility index (Phi) is 7.41. The van der Waals surface area contributed by atoms with Gasteiger partial charge in [0.05, 0.1) is 0 Å². The minimum atomic E-state index is -0.505. The van der Waals surface area contributed by atoms with E-state index in [0.29, 0.717) is 0 Å². The zero-order chi connectivity index (χ0) is 23.4. The van der Waals surface area contributed by atoms with E-state index in [0.717, 1.165) is 35.7 Å². The number of esters is 1. The van der Waals surface area contributed by atoms with Crippen LogP contribution in [0.1, 0.15) is 38.3 Å². The first kappa shape index (κ1) is 23.8. The minimum Gasteiger partial charge on any atom is -0.0253 e. The van der Waals surface area contributed by atoms with Crippen LogP contribution in [0.2, 0.25) is 4.71 Å². The number of hydrogen-bond donors (Lipinski definition) is 0. The quantitative estimate of drug-likeness (QED) is 0.353. The van der Waals surface area contributed by atoms with Gasteiger partial charge in [0.25, 0.3) is 0 Å². The van der Waals surface area contributed by atoms with Gasteiger partial charge in [-0.25, -0.2) is 0 Å². The molecule has 6 heteroatoms. The molecule has 0 spiro atoms. The summed E-state index contributed by atoms with van der Waals surface area (Å²) in [6.07, 6.45) is 5.10. The van der Waals surface area contributed by atoms with E-state index < -0.39 is 5.60 Å². The number of rotatable bonds is 7. The molecule has 0 N–H and O–H groups in total. The molecule has 1 saturated heterocycles. The number of benzene rings is 2. The van der Waals surface area contributed by atoms with Crippen LogP contribution < -0.4 is 9.09 Å². The molecule has 1 radical (unpaired) electrons. The van der Waals surface area contributed by atoms with Crippen LogP contribution in [-0.4, -0.2) is 56.9 Å². The number of likely N-dealkylation sites (tertiary alicyclic amines) is 1. The molecule has 1 aromatic heterocycles. The second kappa shape index (κ2) is 10.3. The van der Waals surface area contributed by atoms with Gasteiger partial charge in [0.2, 0.25) is 0 Å². The van der Waals surface area contributed by atoms with Gasteiger partial charge in [-0.05, 0) is 20.8 Å². The third-order valence-electron chi connectivity index (χ3n) is 5.65. The van der Waals surface area contributed by atoms with Crippen LogP contribution in [0.5, 0.6) is 5.75 Å². The summed E-state index contributed by atoms with van der Waals surface area (Å²) in [4.78, 5) is 18.8. The number of carbonyl (C=O) groups is 1. The summed E-state index contributed by atoms with van der Waals surface area (Å²) >= 11 is 0.106. The number of aromatic nitrogens is 1. The summed E-state index contributed by atoms with van der Waals surface area (Å²) in [5.41, 5.74) is 1.74. The summed E-state index contributed by atoms with van der Waals surface area (Å²) in [5.74, 6) is 0.409. The molecule has 173 valence electrons. The molecule has 0 amide bonds. The van der Waals surface area contributed by atoms with Crippen LogP contribution in [0, 0.1) is 6.92 Å². The number of hydrogen-bond acceptors (Lipinski definition) is 5. The summed E-state index contributed by atoms with van der Waals surface area (Å²) in [5, 5.41) is 2.59. The Morgan fingerprint density at radius 2 is 2.06 bits per heavy atom. The van der Waals surface area contributed by atoms with E-state index in [9.17, 15) is 4.79 Å². The van der Waals surface area contributed by atoms with Crippen LogP contribution >= 0.6 is 0 Å². The van der Waals surface area contributed by atoms with E-state index in [1.807, 2.05) is 40.1 Å². The average Bonchev–Trinajstić information content (AvgIpc) is 3.20. The van der Waals surface area contributed by atoms with Crippen LogP contribution in [0.25, 0.3) is 10.8 Å². The second-order valence-electron chi connectivity index (χ2n) is 9.66. The SMILES string of the molecule is Cc1ccc(CN2CC[C@@H]([As]c3cccc4cnccc34)C2)cc1OCC(=O)OC(C)(C)C. The van der Waals surface area contributed by atoms with Crippen molar-refractivity contribution in [1.82, 2.24) is 9.88 Å². The summed E-state index contributed by atoms with van der Waals surface area (Å²) in [7, 11) is 0. The first-order valence-electron chi connectivity index (χ1n) is 11.5. The molecule has 1 aliphatic heterocycles. The van der Waals surface area contributed by atoms with Crippen LogP contribution in [0.15, 0.2) is 54.9 Å². The normalized spacial score (nSPS) is 17.2. The fourth-order valence-corrected chi connectivity index (χ4v) is 7.21. The number of nitrogens with zero attached hydrogens (tertiary/aromatic N) is 2. The van der Waals surface area contributed by atoms with Crippen molar-refractivity contribution in [3.63, 3.8) is 0 Å². The fraction of sp³-hybridized carbons (Fsp3) is 0.407. The van der Waals surface area contributed by atoms with Gasteiger partial charge in [-0.15, -0.1) is 0 Å². The zero-order valence-electron chi connectivity index (χ0n) is 19.9. The molecule has 0 saturated carbocycles. The molecule has 0 aliphatic carbocycles. The molecule has 0 unspecified atom stereocenters. The third kappa shape index (κ3) is 6.58. The molecule has 3 aromatic rings. The van der Waals surface area contributed by atoms with Crippen LogP contribution in [0.4, 0.5) is 0 Å². The van der Waals surface area contributed by atoms with Crippen molar-refractivity contribution in [2.24, 2.45) is 0 Å². The molecule has 1 atom stereocenters. The predicted molar refractivity (Wildman–Crippen MR) is 133 cm³/mol. The molecule has 33 heavy (non-hydrogen) atoms. The molecule has 0 bridgehead atoms. The molecule has 2 heterocycles. The van der Waals surface area contributed by atoms with Crippen molar-refractivity contribution >= 4 is 36.8 Å². The van der Waals surface area contributed by atoms with Gasteiger partial charge in [-0.1, -0.05) is 0 Å². The maximum absolute atomic E-state index is 12.0. The van der Waals surface area contributed by atoms with Gasteiger partial charge >= 0.3 is 183 Å². The predicted octanol–water partition coefficient (Wildman–Crippen LogP) is 4.29. The van der Waals surface area contributed by atoms with Crippen molar-refractivity contribution in [1.29, 1.82) is 0 Å². The monoisotopic (exact) mass is 507 g/mol. The van der Waals surface area contributed by atoms with E-state index in [4.69, 9.17) is 9.47 Å². The molecule has 5 nitrogen and oxygen atoms in total. The molecular formula is C27H32AsN2O3. The number of aryl methyl sites for hydroxylation is 1. The Bertz CT molecular complexity index is 1120. The first-order chi connectivity index (χ1) is 15.8.